The lowest BCUT2D eigenvalue weighted by Gasteiger charge is -2.24. The van der Waals surface area contributed by atoms with E-state index in [2.05, 4.69) is 19.2 Å². The summed E-state index contributed by atoms with van der Waals surface area (Å²) < 4.78 is 0. The number of hydrogen-bond donors (Lipinski definition) is 2. The first-order chi connectivity index (χ1) is 8.03. The molecule has 0 heterocycles. The number of aliphatic hydroxyl groups excluding tert-OH is 1. The summed E-state index contributed by atoms with van der Waals surface area (Å²) in [5.74, 6) is 0.953. The third-order valence-corrected chi connectivity index (χ3v) is 3.81. The van der Waals surface area contributed by atoms with Gasteiger partial charge < -0.3 is 10.4 Å². The van der Waals surface area contributed by atoms with Crippen LogP contribution < -0.4 is 5.32 Å². The summed E-state index contributed by atoms with van der Waals surface area (Å²) >= 11 is 0. The summed E-state index contributed by atoms with van der Waals surface area (Å²) in [6, 6.07) is 0. The minimum atomic E-state index is -0.00221. The molecule has 2 N–H and O–H groups in total. The quantitative estimate of drug-likeness (QED) is 0.719. The first kappa shape index (κ1) is 14.5. The van der Waals surface area contributed by atoms with E-state index in [0.717, 1.165) is 18.8 Å². The Labute approximate surface area is 105 Å². The molecule has 0 aromatic heterocycles. The number of nitrogens with one attached hydrogen (secondary N) is 1. The van der Waals surface area contributed by atoms with Gasteiger partial charge in [0.1, 0.15) is 0 Å². The first-order valence-corrected chi connectivity index (χ1v) is 6.91. The van der Waals surface area contributed by atoms with E-state index in [1.54, 1.807) is 0 Å². The fourth-order valence-corrected chi connectivity index (χ4v) is 2.45. The normalized spacial score (nSPS) is 17.4. The van der Waals surface area contributed by atoms with E-state index < -0.39 is 0 Å². The van der Waals surface area contributed by atoms with Crippen LogP contribution in [0.1, 0.15) is 58.8 Å². The van der Waals surface area contributed by atoms with Crippen LogP contribution in [0.4, 0.5) is 0 Å². The minimum Gasteiger partial charge on any atom is -0.396 e. The molecule has 1 aliphatic carbocycles. The van der Waals surface area contributed by atoms with Crippen molar-refractivity contribution in [3.63, 3.8) is 0 Å². The summed E-state index contributed by atoms with van der Waals surface area (Å²) in [6.45, 7) is 4.99. The SMILES string of the molecule is CC(C)(CCO)CNC(=O)CCC1CCCC1. The third-order valence-electron chi connectivity index (χ3n) is 3.81. The molecule has 3 heteroatoms. The average molecular weight is 241 g/mol. The van der Waals surface area contributed by atoms with Crippen LogP contribution in [0.3, 0.4) is 0 Å². The Hall–Kier alpha value is -0.570. The molecule has 0 saturated heterocycles. The predicted octanol–water partition coefficient (Wildman–Crippen LogP) is 2.48. The molecule has 1 aliphatic rings. The maximum absolute atomic E-state index is 11.7. The Morgan fingerprint density at radius 3 is 2.59 bits per heavy atom. The smallest absolute Gasteiger partial charge is 0.220 e. The predicted molar refractivity (Wildman–Crippen MR) is 69.7 cm³/mol. The van der Waals surface area contributed by atoms with Crippen LogP contribution in [0.5, 0.6) is 0 Å². The summed E-state index contributed by atoms with van der Waals surface area (Å²) in [5.41, 5.74) is -0.00221. The van der Waals surface area contributed by atoms with E-state index in [1.165, 1.54) is 25.7 Å². The topological polar surface area (TPSA) is 49.3 Å². The van der Waals surface area contributed by atoms with Gasteiger partial charge in [-0.1, -0.05) is 39.5 Å². The zero-order chi connectivity index (χ0) is 12.7. The van der Waals surface area contributed by atoms with Crippen LogP contribution >= 0.6 is 0 Å². The van der Waals surface area contributed by atoms with E-state index in [0.29, 0.717) is 13.0 Å². The Bertz CT molecular complexity index is 232. The van der Waals surface area contributed by atoms with Crippen molar-refractivity contribution in [1.82, 2.24) is 5.32 Å². The molecule has 0 aromatic rings. The zero-order valence-electron chi connectivity index (χ0n) is 11.3. The highest BCUT2D eigenvalue weighted by Gasteiger charge is 2.19. The molecule has 0 radical (unpaired) electrons. The highest BCUT2D eigenvalue weighted by Crippen LogP contribution is 2.28. The Kier molecular flexibility index (Phi) is 5.96. The van der Waals surface area contributed by atoms with Gasteiger partial charge in [-0.3, -0.25) is 4.79 Å². The zero-order valence-corrected chi connectivity index (χ0v) is 11.3. The van der Waals surface area contributed by atoms with Gasteiger partial charge in [-0.2, -0.15) is 0 Å². The van der Waals surface area contributed by atoms with Crippen LogP contribution in [-0.2, 0) is 4.79 Å². The third kappa shape index (κ3) is 6.06. The second-order valence-electron chi connectivity index (χ2n) is 6.10. The van der Waals surface area contributed by atoms with Crippen molar-refractivity contribution in [2.45, 2.75) is 58.8 Å². The molecular weight excluding hydrogens is 214 g/mol. The molecule has 1 saturated carbocycles. The fourth-order valence-electron chi connectivity index (χ4n) is 2.45. The molecule has 17 heavy (non-hydrogen) atoms. The average Bonchev–Trinajstić information content (AvgIpc) is 2.76. The van der Waals surface area contributed by atoms with Crippen LogP contribution in [0.25, 0.3) is 0 Å². The molecule has 3 nitrogen and oxygen atoms in total. The van der Waals surface area contributed by atoms with Gasteiger partial charge in [-0.15, -0.1) is 0 Å². The largest absolute Gasteiger partial charge is 0.396 e. The molecule has 0 spiro atoms. The second-order valence-corrected chi connectivity index (χ2v) is 6.10. The summed E-state index contributed by atoms with van der Waals surface area (Å²) in [6.07, 6.45) is 7.75. The van der Waals surface area contributed by atoms with Crippen molar-refractivity contribution < 1.29 is 9.90 Å². The van der Waals surface area contributed by atoms with Crippen molar-refractivity contribution in [3.8, 4) is 0 Å². The van der Waals surface area contributed by atoms with Gasteiger partial charge in [0.05, 0.1) is 0 Å². The lowest BCUT2D eigenvalue weighted by molar-refractivity contribution is -0.121. The molecular formula is C14H27NO2. The number of rotatable bonds is 7. The first-order valence-electron chi connectivity index (χ1n) is 6.91. The molecule has 0 atom stereocenters. The molecule has 100 valence electrons. The highest BCUT2D eigenvalue weighted by molar-refractivity contribution is 5.75. The maximum atomic E-state index is 11.7. The summed E-state index contributed by atoms with van der Waals surface area (Å²) in [5, 5.41) is 11.9. The van der Waals surface area contributed by atoms with Gasteiger partial charge >= 0.3 is 0 Å². The highest BCUT2D eigenvalue weighted by atomic mass is 16.3. The molecule has 0 unspecified atom stereocenters. The molecule has 1 fully saturated rings. The van der Waals surface area contributed by atoms with Crippen LogP contribution in [0.15, 0.2) is 0 Å². The van der Waals surface area contributed by atoms with Crippen LogP contribution in [0.2, 0.25) is 0 Å². The van der Waals surface area contributed by atoms with Crippen LogP contribution in [0, 0.1) is 11.3 Å². The second kappa shape index (κ2) is 7.00. The molecule has 0 bridgehead atoms. The van der Waals surface area contributed by atoms with Crippen LogP contribution in [-0.4, -0.2) is 24.2 Å². The number of carbonyl (C=O) groups excluding carboxylic acids is 1. The lowest BCUT2D eigenvalue weighted by Crippen LogP contribution is -2.34. The maximum Gasteiger partial charge on any atom is 0.220 e. The summed E-state index contributed by atoms with van der Waals surface area (Å²) in [4.78, 5) is 11.7. The van der Waals surface area contributed by atoms with Gasteiger partial charge in [0.2, 0.25) is 5.91 Å². The number of carbonyl (C=O) groups is 1. The number of aliphatic hydroxyl groups is 1. The van der Waals surface area contributed by atoms with Crippen molar-refractivity contribution in [2.75, 3.05) is 13.2 Å². The van der Waals surface area contributed by atoms with Gasteiger partial charge in [0, 0.05) is 19.6 Å². The van der Waals surface area contributed by atoms with Gasteiger partial charge in [0.15, 0.2) is 0 Å². The van der Waals surface area contributed by atoms with E-state index >= 15 is 0 Å². The van der Waals surface area contributed by atoms with Crippen molar-refractivity contribution in [1.29, 1.82) is 0 Å². The number of amides is 1. The minimum absolute atomic E-state index is 0.00221. The molecule has 0 aromatic carbocycles. The molecule has 1 amide bonds. The van der Waals surface area contributed by atoms with E-state index in [1.807, 2.05) is 0 Å². The lowest BCUT2D eigenvalue weighted by atomic mass is 9.89. The van der Waals surface area contributed by atoms with Crippen molar-refractivity contribution >= 4 is 5.91 Å². The van der Waals surface area contributed by atoms with E-state index in [9.17, 15) is 4.79 Å². The molecule has 1 rings (SSSR count). The van der Waals surface area contributed by atoms with Gasteiger partial charge in [-0.25, -0.2) is 0 Å². The molecule has 0 aliphatic heterocycles. The summed E-state index contributed by atoms with van der Waals surface area (Å²) in [7, 11) is 0. The Morgan fingerprint density at radius 1 is 1.35 bits per heavy atom. The van der Waals surface area contributed by atoms with E-state index in [-0.39, 0.29) is 17.9 Å². The van der Waals surface area contributed by atoms with Crippen molar-refractivity contribution in [3.05, 3.63) is 0 Å². The Balaban J connectivity index is 2.11. The fraction of sp³-hybridized carbons (Fsp3) is 0.929. The standard InChI is InChI=1S/C14H27NO2/c1-14(2,9-10-16)11-15-13(17)8-7-12-5-3-4-6-12/h12,16H,3-11H2,1-2H3,(H,15,17). The van der Waals surface area contributed by atoms with E-state index in [4.69, 9.17) is 5.11 Å². The van der Waals surface area contributed by atoms with Crippen molar-refractivity contribution in [2.24, 2.45) is 11.3 Å². The van der Waals surface area contributed by atoms with Gasteiger partial charge in [-0.05, 0) is 24.2 Å². The number of hydrogen-bond acceptors (Lipinski definition) is 2. The monoisotopic (exact) mass is 241 g/mol. The van der Waals surface area contributed by atoms with Gasteiger partial charge in [0.25, 0.3) is 0 Å². The Morgan fingerprint density at radius 2 is 2.00 bits per heavy atom.